The number of halogens is 1. The van der Waals surface area contributed by atoms with Crippen LogP contribution in [0.25, 0.3) is 0 Å². The standard InChI is InChI=1S/C17H17ClN2O6S/c1-10(16(21)20-13-6-4-12(18)5-7-13)26-17(22)11-3-8-14(25-2)15(9-11)27(19,23)24/h3-10H,1-2H3,(H,20,21)(H2,19,23,24). The van der Waals surface area contributed by atoms with Gasteiger partial charge in [-0.3, -0.25) is 4.79 Å². The zero-order valence-corrected chi connectivity index (χ0v) is 16.0. The molecule has 0 fully saturated rings. The van der Waals surface area contributed by atoms with Gasteiger partial charge < -0.3 is 14.8 Å². The Hall–Kier alpha value is -2.62. The Labute approximate surface area is 161 Å². The van der Waals surface area contributed by atoms with Gasteiger partial charge in [0.15, 0.2) is 6.10 Å². The molecule has 0 radical (unpaired) electrons. The van der Waals surface area contributed by atoms with Crippen LogP contribution in [0.3, 0.4) is 0 Å². The molecule has 1 unspecified atom stereocenters. The number of sulfonamides is 1. The third-order valence-corrected chi connectivity index (χ3v) is 4.65. The van der Waals surface area contributed by atoms with E-state index in [0.29, 0.717) is 10.7 Å². The van der Waals surface area contributed by atoms with Crippen LogP contribution < -0.4 is 15.2 Å². The Morgan fingerprint density at radius 3 is 2.33 bits per heavy atom. The highest BCUT2D eigenvalue weighted by Crippen LogP contribution is 2.24. The highest BCUT2D eigenvalue weighted by Gasteiger charge is 2.22. The Morgan fingerprint density at radius 2 is 1.78 bits per heavy atom. The van der Waals surface area contributed by atoms with Crippen molar-refractivity contribution >= 4 is 39.2 Å². The second-order valence-corrected chi connectivity index (χ2v) is 7.42. The van der Waals surface area contributed by atoms with Crippen molar-refractivity contribution < 1.29 is 27.5 Å². The summed E-state index contributed by atoms with van der Waals surface area (Å²) in [6.07, 6.45) is -1.13. The van der Waals surface area contributed by atoms with E-state index in [1.54, 1.807) is 24.3 Å². The minimum Gasteiger partial charge on any atom is -0.495 e. The Kier molecular flexibility index (Phi) is 6.42. The van der Waals surface area contributed by atoms with E-state index >= 15 is 0 Å². The van der Waals surface area contributed by atoms with Crippen molar-refractivity contribution in [3.8, 4) is 5.75 Å². The van der Waals surface area contributed by atoms with Crippen LogP contribution in [-0.2, 0) is 19.6 Å². The predicted octanol–water partition coefficient (Wildman–Crippen LogP) is 2.18. The molecule has 0 spiro atoms. The number of hydrogen-bond donors (Lipinski definition) is 2. The number of nitrogens with two attached hydrogens (primary N) is 1. The van der Waals surface area contributed by atoms with E-state index in [0.717, 1.165) is 6.07 Å². The lowest BCUT2D eigenvalue weighted by molar-refractivity contribution is -0.123. The monoisotopic (exact) mass is 412 g/mol. The molecule has 8 nitrogen and oxygen atoms in total. The number of rotatable bonds is 6. The third kappa shape index (κ3) is 5.43. The highest BCUT2D eigenvalue weighted by molar-refractivity contribution is 7.89. The Bertz CT molecular complexity index is 960. The average Bonchev–Trinajstić information content (AvgIpc) is 2.62. The molecule has 0 aliphatic carbocycles. The van der Waals surface area contributed by atoms with Crippen LogP contribution in [-0.4, -0.2) is 33.5 Å². The first kappa shape index (κ1) is 20.7. The van der Waals surface area contributed by atoms with Crippen LogP contribution in [0.4, 0.5) is 5.69 Å². The van der Waals surface area contributed by atoms with Crippen LogP contribution in [0.15, 0.2) is 47.4 Å². The molecule has 0 aliphatic rings. The summed E-state index contributed by atoms with van der Waals surface area (Å²) >= 11 is 5.77. The molecule has 2 aromatic carbocycles. The van der Waals surface area contributed by atoms with Gasteiger partial charge in [0, 0.05) is 10.7 Å². The number of methoxy groups -OCH3 is 1. The summed E-state index contributed by atoms with van der Waals surface area (Å²) in [4.78, 5) is 24.0. The van der Waals surface area contributed by atoms with E-state index in [4.69, 9.17) is 26.2 Å². The lowest BCUT2D eigenvalue weighted by Crippen LogP contribution is -2.30. The maximum atomic E-state index is 12.2. The van der Waals surface area contributed by atoms with Gasteiger partial charge in [0.1, 0.15) is 10.6 Å². The van der Waals surface area contributed by atoms with Crippen molar-refractivity contribution in [3.05, 3.63) is 53.1 Å². The van der Waals surface area contributed by atoms with E-state index in [2.05, 4.69) is 5.32 Å². The van der Waals surface area contributed by atoms with E-state index < -0.39 is 28.0 Å². The van der Waals surface area contributed by atoms with Gasteiger partial charge in [0.2, 0.25) is 10.0 Å². The number of nitrogens with one attached hydrogen (secondary N) is 1. The number of esters is 1. The molecule has 0 heterocycles. The molecule has 0 saturated carbocycles. The smallest absolute Gasteiger partial charge is 0.338 e. The summed E-state index contributed by atoms with van der Waals surface area (Å²) in [5.74, 6) is -1.46. The molecular formula is C17H17ClN2O6S. The molecule has 2 aromatic rings. The van der Waals surface area contributed by atoms with Gasteiger partial charge in [-0.2, -0.15) is 0 Å². The number of amides is 1. The van der Waals surface area contributed by atoms with Crippen LogP contribution >= 0.6 is 11.6 Å². The van der Waals surface area contributed by atoms with Crippen molar-refractivity contribution in [1.29, 1.82) is 0 Å². The maximum Gasteiger partial charge on any atom is 0.338 e. The molecule has 2 rings (SSSR count). The lowest BCUT2D eigenvalue weighted by atomic mass is 10.2. The molecule has 0 aromatic heterocycles. The van der Waals surface area contributed by atoms with Crippen LogP contribution in [0.5, 0.6) is 5.75 Å². The first-order chi connectivity index (χ1) is 12.6. The predicted molar refractivity (Wildman–Crippen MR) is 99.3 cm³/mol. The zero-order valence-electron chi connectivity index (χ0n) is 14.4. The van der Waals surface area contributed by atoms with Crippen molar-refractivity contribution in [2.24, 2.45) is 5.14 Å². The van der Waals surface area contributed by atoms with Crippen LogP contribution in [0, 0.1) is 0 Å². The molecule has 1 atom stereocenters. The highest BCUT2D eigenvalue weighted by atomic mass is 35.5. The maximum absolute atomic E-state index is 12.2. The largest absolute Gasteiger partial charge is 0.495 e. The molecular weight excluding hydrogens is 396 g/mol. The second kappa shape index (κ2) is 8.38. The van der Waals surface area contributed by atoms with Crippen molar-refractivity contribution in [2.45, 2.75) is 17.9 Å². The fourth-order valence-corrected chi connectivity index (χ4v) is 2.93. The van der Waals surface area contributed by atoms with Crippen molar-refractivity contribution in [2.75, 3.05) is 12.4 Å². The van der Waals surface area contributed by atoms with Gasteiger partial charge in [-0.05, 0) is 49.4 Å². The SMILES string of the molecule is COc1ccc(C(=O)OC(C)C(=O)Nc2ccc(Cl)cc2)cc1S(N)(=O)=O. The number of anilines is 1. The summed E-state index contributed by atoms with van der Waals surface area (Å²) in [6, 6.07) is 9.99. The zero-order chi connectivity index (χ0) is 20.2. The summed E-state index contributed by atoms with van der Waals surface area (Å²) < 4.78 is 33.2. The third-order valence-electron chi connectivity index (χ3n) is 3.47. The minimum absolute atomic E-state index is 0.0115. The van der Waals surface area contributed by atoms with Gasteiger partial charge in [-0.1, -0.05) is 11.6 Å². The molecule has 3 N–H and O–H groups in total. The second-order valence-electron chi connectivity index (χ2n) is 5.45. The summed E-state index contributed by atoms with van der Waals surface area (Å²) in [5, 5.41) is 8.20. The molecule has 10 heteroatoms. The molecule has 1 amide bonds. The first-order valence-electron chi connectivity index (χ1n) is 7.60. The van der Waals surface area contributed by atoms with Gasteiger partial charge in [0.05, 0.1) is 12.7 Å². The quantitative estimate of drug-likeness (QED) is 0.700. The van der Waals surface area contributed by atoms with Crippen LogP contribution in [0.1, 0.15) is 17.3 Å². The number of hydrogen-bond acceptors (Lipinski definition) is 6. The number of carbonyl (C=O) groups excluding carboxylic acids is 2. The number of ether oxygens (including phenoxy) is 2. The van der Waals surface area contributed by atoms with Crippen LogP contribution in [0.2, 0.25) is 5.02 Å². The fourth-order valence-electron chi connectivity index (χ4n) is 2.09. The lowest BCUT2D eigenvalue weighted by Gasteiger charge is -2.14. The number of primary sulfonamides is 1. The number of benzene rings is 2. The summed E-state index contributed by atoms with van der Waals surface area (Å²) in [6.45, 7) is 1.38. The minimum atomic E-state index is -4.11. The normalized spacial score (nSPS) is 12.1. The van der Waals surface area contributed by atoms with E-state index in [1.165, 1.54) is 26.2 Å². The molecule has 0 aliphatic heterocycles. The van der Waals surface area contributed by atoms with Gasteiger partial charge >= 0.3 is 5.97 Å². The molecule has 0 bridgehead atoms. The van der Waals surface area contributed by atoms with E-state index in [1.807, 2.05) is 0 Å². The summed E-state index contributed by atoms with van der Waals surface area (Å²) in [5.41, 5.74) is 0.388. The summed E-state index contributed by atoms with van der Waals surface area (Å²) in [7, 11) is -2.84. The Morgan fingerprint density at radius 1 is 1.15 bits per heavy atom. The average molecular weight is 413 g/mol. The van der Waals surface area contributed by atoms with Gasteiger partial charge in [-0.15, -0.1) is 0 Å². The Balaban J connectivity index is 2.11. The van der Waals surface area contributed by atoms with E-state index in [-0.39, 0.29) is 16.2 Å². The van der Waals surface area contributed by atoms with Crippen molar-refractivity contribution in [1.82, 2.24) is 0 Å². The topological polar surface area (TPSA) is 125 Å². The molecule has 144 valence electrons. The van der Waals surface area contributed by atoms with E-state index in [9.17, 15) is 18.0 Å². The number of carbonyl (C=O) groups is 2. The molecule has 0 saturated heterocycles. The van der Waals surface area contributed by atoms with Gasteiger partial charge in [-0.25, -0.2) is 18.4 Å². The van der Waals surface area contributed by atoms with Gasteiger partial charge in [0.25, 0.3) is 5.91 Å². The molecule has 27 heavy (non-hydrogen) atoms. The van der Waals surface area contributed by atoms with Crippen molar-refractivity contribution in [3.63, 3.8) is 0 Å². The fraction of sp³-hybridized carbons (Fsp3) is 0.176. The first-order valence-corrected chi connectivity index (χ1v) is 9.52.